The highest BCUT2D eigenvalue weighted by Crippen LogP contribution is 2.40. The van der Waals surface area contributed by atoms with Crippen molar-refractivity contribution in [2.24, 2.45) is 5.16 Å². The van der Waals surface area contributed by atoms with Crippen LogP contribution in [0.25, 0.3) is 0 Å². The maximum atomic E-state index is 9.92. The molecule has 1 N–H and O–H groups in total. The molecule has 0 saturated carbocycles. The van der Waals surface area contributed by atoms with Crippen LogP contribution in [0.3, 0.4) is 0 Å². The smallest absolute Gasteiger partial charge is 0.190 e. The molecule has 4 rings (SSSR count). The number of oxime groups is 1. The lowest BCUT2D eigenvalue weighted by atomic mass is 9.98. The van der Waals surface area contributed by atoms with Crippen LogP contribution < -0.4 is 0 Å². The predicted molar refractivity (Wildman–Crippen MR) is 88.2 cm³/mol. The quantitative estimate of drug-likeness (QED) is 0.895. The van der Waals surface area contributed by atoms with Crippen LogP contribution in [0.4, 0.5) is 0 Å². The summed E-state index contributed by atoms with van der Waals surface area (Å²) in [4.78, 5) is 5.55. The van der Waals surface area contributed by atoms with Gasteiger partial charge in [0.25, 0.3) is 0 Å². The Morgan fingerprint density at radius 1 is 1.28 bits per heavy atom. The van der Waals surface area contributed by atoms with E-state index < -0.39 is 12.1 Å². The largest absolute Gasteiger partial charge is 0.508 e. The van der Waals surface area contributed by atoms with Gasteiger partial charge in [0.1, 0.15) is 30.2 Å². The van der Waals surface area contributed by atoms with Gasteiger partial charge in [-0.3, -0.25) is 0 Å². The number of hydrogen-bond acceptors (Lipinski definition) is 7. The summed E-state index contributed by atoms with van der Waals surface area (Å²) in [7, 11) is 1.63. The van der Waals surface area contributed by atoms with Gasteiger partial charge in [-0.25, -0.2) is 0 Å². The Balaban J connectivity index is 1.41. The van der Waals surface area contributed by atoms with Gasteiger partial charge in [-0.15, -0.1) is 0 Å². The Hall–Kier alpha value is -1.67. The molecule has 7 nitrogen and oxygen atoms in total. The van der Waals surface area contributed by atoms with Crippen LogP contribution >= 0.6 is 0 Å². The Kier molecular flexibility index (Phi) is 4.19. The van der Waals surface area contributed by atoms with Gasteiger partial charge in [0.15, 0.2) is 12.1 Å². The van der Waals surface area contributed by atoms with Crippen LogP contribution in [0.1, 0.15) is 25.8 Å². The van der Waals surface area contributed by atoms with E-state index in [4.69, 9.17) is 23.8 Å². The van der Waals surface area contributed by atoms with E-state index in [1.165, 1.54) is 0 Å². The molecule has 3 heterocycles. The number of phenolic OH excluding ortho intramolecular Hbond substituents is 1. The van der Waals surface area contributed by atoms with Crippen LogP contribution in [0, 0.1) is 0 Å². The molecule has 0 aliphatic carbocycles. The van der Waals surface area contributed by atoms with Gasteiger partial charge in [-0.2, -0.15) is 0 Å². The predicted octanol–water partition coefficient (Wildman–Crippen LogP) is 1.97. The average molecular weight is 349 g/mol. The van der Waals surface area contributed by atoms with E-state index in [-0.39, 0.29) is 30.2 Å². The first kappa shape index (κ1) is 16.8. The van der Waals surface area contributed by atoms with Crippen molar-refractivity contribution >= 4 is 5.71 Å². The van der Waals surface area contributed by atoms with Crippen molar-refractivity contribution in [3.8, 4) is 5.75 Å². The third-order valence-corrected chi connectivity index (χ3v) is 4.79. The average Bonchev–Trinajstić information content (AvgIpc) is 3.21. The highest BCUT2D eigenvalue weighted by atomic mass is 16.8. The highest BCUT2D eigenvalue weighted by Gasteiger charge is 2.57. The van der Waals surface area contributed by atoms with E-state index in [0.717, 1.165) is 11.3 Å². The van der Waals surface area contributed by atoms with E-state index in [0.29, 0.717) is 12.8 Å². The van der Waals surface area contributed by atoms with E-state index in [9.17, 15) is 5.11 Å². The summed E-state index contributed by atoms with van der Waals surface area (Å²) in [5, 5.41) is 14.1. The van der Waals surface area contributed by atoms with Crippen LogP contribution in [0.5, 0.6) is 5.75 Å². The molecular formula is C18H23NO6. The third kappa shape index (κ3) is 3.13. The minimum atomic E-state index is -0.682. The molecule has 5 atom stereocenters. The van der Waals surface area contributed by atoms with Gasteiger partial charge in [0.2, 0.25) is 0 Å². The summed E-state index contributed by atoms with van der Waals surface area (Å²) in [6.07, 6.45) is -0.347. The first-order valence-electron chi connectivity index (χ1n) is 8.50. The van der Waals surface area contributed by atoms with Gasteiger partial charge in [-0.05, 0) is 25.5 Å². The highest BCUT2D eigenvalue weighted by molar-refractivity contribution is 5.90. The summed E-state index contributed by atoms with van der Waals surface area (Å²) >= 11 is 0. The Morgan fingerprint density at radius 3 is 2.84 bits per heavy atom. The molecule has 1 unspecified atom stereocenters. The van der Waals surface area contributed by atoms with Crippen LogP contribution in [0.15, 0.2) is 29.4 Å². The molecule has 1 aromatic rings. The first-order chi connectivity index (χ1) is 12.0. The normalized spacial score (nSPS) is 36.1. The van der Waals surface area contributed by atoms with Crippen molar-refractivity contribution in [2.75, 3.05) is 7.11 Å². The zero-order valence-electron chi connectivity index (χ0n) is 14.5. The Bertz CT molecular complexity index is 675. The number of nitrogens with zero attached hydrogens (tertiary/aromatic N) is 1. The second-order valence-electron chi connectivity index (χ2n) is 7.07. The van der Waals surface area contributed by atoms with Crippen molar-refractivity contribution in [3.05, 3.63) is 29.8 Å². The SMILES string of the molecule is CO[C@@H]1[C@H]2OC(C)(C)O[C@H]2O[C@@H]1C1=NOC(Cc2ccccc2O)C1. The lowest BCUT2D eigenvalue weighted by Gasteiger charge is -2.24. The number of para-hydroxylation sites is 1. The summed E-state index contributed by atoms with van der Waals surface area (Å²) in [5.74, 6) is -0.414. The molecule has 7 heteroatoms. The number of methoxy groups -OCH3 is 1. The topological polar surface area (TPSA) is 78.7 Å². The number of hydrogen-bond donors (Lipinski definition) is 1. The minimum absolute atomic E-state index is 0.136. The molecule has 1 aromatic carbocycles. The summed E-state index contributed by atoms with van der Waals surface area (Å²) < 4.78 is 23.3. The van der Waals surface area contributed by atoms with Crippen LogP contribution in [0.2, 0.25) is 0 Å². The molecule has 25 heavy (non-hydrogen) atoms. The van der Waals surface area contributed by atoms with Crippen molar-refractivity contribution in [1.82, 2.24) is 0 Å². The minimum Gasteiger partial charge on any atom is -0.508 e. The maximum Gasteiger partial charge on any atom is 0.190 e. The second kappa shape index (κ2) is 6.25. The number of ether oxygens (including phenoxy) is 4. The number of benzene rings is 1. The van der Waals surface area contributed by atoms with Gasteiger partial charge < -0.3 is 28.9 Å². The monoisotopic (exact) mass is 349 g/mol. The zero-order valence-corrected chi connectivity index (χ0v) is 14.5. The zero-order chi connectivity index (χ0) is 17.6. The lowest BCUT2D eigenvalue weighted by Crippen LogP contribution is -2.40. The number of aromatic hydroxyl groups is 1. The van der Waals surface area contributed by atoms with E-state index in [1.807, 2.05) is 26.0 Å². The van der Waals surface area contributed by atoms with Crippen molar-refractivity contribution < 1.29 is 28.9 Å². The molecular weight excluding hydrogens is 326 g/mol. The molecule has 0 radical (unpaired) electrons. The molecule has 2 saturated heterocycles. The molecule has 2 fully saturated rings. The standard InChI is InChI=1S/C18H23NO6/c1-18(2)23-16-15(21-3)14(22-17(16)24-18)12-9-11(25-19-12)8-10-6-4-5-7-13(10)20/h4-7,11,14-17,20H,8-9H2,1-3H3/t11?,14-,15+,16-,17-/m1/s1. The van der Waals surface area contributed by atoms with Gasteiger partial charge in [-0.1, -0.05) is 23.4 Å². The summed E-state index contributed by atoms with van der Waals surface area (Å²) in [6, 6.07) is 7.25. The molecule has 0 spiro atoms. The van der Waals surface area contributed by atoms with Gasteiger partial charge in [0, 0.05) is 20.0 Å². The lowest BCUT2D eigenvalue weighted by molar-refractivity contribution is -0.208. The number of phenols is 1. The third-order valence-electron chi connectivity index (χ3n) is 4.79. The van der Waals surface area contributed by atoms with Crippen LogP contribution in [-0.4, -0.2) is 54.4 Å². The Labute approximate surface area is 146 Å². The molecule has 0 bridgehead atoms. The fraction of sp³-hybridized carbons (Fsp3) is 0.611. The van der Waals surface area contributed by atoms with Gasteiger partial charge >= 0.3 is 0 Å². The van der Waals surface area contributed by atoms with E-state index in [1.54, 1.807) is 19.2 Å². The summed E-state index contributed by atoms with van der Waals surface area (Å²) in [6.45, 7) is 3.71. The van der Waals surface area contributed by atoms with Crippen LogP contribution in [-0.2, 0) is 30.2 Å². The van der Waals surface area contributed by atoms with E-state index in [2.05, 4.69) is 5.16 Å². The maximum absolute atomic E-state index is 9.92. The fourth-order valence-corrected chi connectivity index (χ4v) is 3.66. The van der Waals surface area contributed by atoms with Crippen molar-refractivity contribution in [3.63, 3.8) is 0 Å². The Morgan fingerprint density at radius 2 is 2.08 bits per heavy atom. The molecule has 0 amide bonds. The number of rotatable bonds is 4. The molecule has 136 valence electrons. The second-order valence-corrected chi connectivity index (χ2v) is 7.07. The fourth-order valence-electron chi connectivity index (χ4n) is 3.66. The molecule has 3 aliphatic heterocycles. The molecule has 0 aromatic heterocycles. The summed E-state index contributed by atoms with van der Waals surface area (Å²) in [5.41, 5.74) is 1.62. The molecule has 3 aliphatic rings. The van der Waals surface area contributed by atoms with Gasteiger partial charge in [0.05, 0.1) is 5.71 Å². The van der Waals surface area contributed by atoms with Crippen molar-refractivity contribution in [2.45, 2.75) is 63.2 Å². The van der Waals surface area contributed by atoms with Crippen molar-refractivity contribution in [1.29, 1.82) is 0 Å². The van der Waals surface area contributed by atoms with E-state index >= 15 is 0 Å². The first-order valence-corrected chi connectivity index (χ1v) is 8.50. The number of fused-ring (bicyclic) bond motifs is 1.